The van der Waals surface area contributed by atoms with E-state index in [4.69, 9.17) is 15.9 Å². The van der Waals surface area contributed by atoms with Crippen LogP contribution in [0.2, 0.25) is 0 Å². The predicted molar refractivity (Wildman–Crippen MR) is 93.8 cm³/mol. The van der Waals surface area contributed by atoms with E-state index in [0.29, 0.717) is 5.56 Å². The molecule has 1 aromatic rings. The smallest absolute Gasteiger partial charge is 0.326 e. The number of benzene rings is 1. The quantitative estimate of drug-likeness (QED) is 0.305. The fourth-order valence-corrected chi connectivity index (χ4v) is 2.18. The number of amides is 2. The van der Waals surface area contributed by atoms with Crippen molar-refractivity contribution in [3.63, 3.8) is 0 Å². The monoisotopic (exact) mass is 381 g/mol. The number of nitrogens with two attached hydrogens (primary N) is 1. The fraction of sp³-hybridized carbons (Fsp3) is 0.412. The standard InChI is InChI=1S/C17H23N3O7/c1-9(18)15(24)20-13(8-10-2-4-11(21)5-3-10)16(25)19-12(17(26)27)6-7-14(22)23/h2-5,9,12-13,21H,6-8,18H2,1H3,(H,19,25)(H,20,24)(H,22,23)(H,26,27). The van der Waals surface area contributed by atoms with Gasteiger partial charge in [0.2, 0.25) is 11.8 Å². The molecule has 3 unspecified atom stereocenters. The van der Waals surface area contributed by atoms with Crippen molar-refractivity contribution in [1.82, 2.24) is 10.6 Å². The first-order valence-corrected chi connectivity index (χ1v) is 8.19. The SMILES string of the molecule is CC(N)C(=O)NC(Cc1ccc(O)cc1)C(=O)NC(CCC(=O)O)C(=O)O. The van der Waals surface area contributed by atoms with Gasteiger partial charge >= 0.3 is 11.9 Å². The summed E-state index contributed by atoms with van der Waals surface area (Å²) in [7, 11) is 0. The molecule has 27 heavy (non-hydrogen) atoms. The van der Waals surface area contributed by atoms with Gasteiger partial charge < -0.3 is 31.7 Å². The van der Waals surface area contributed by atoms with Gasteiger partial charge in [-0.25, -0.2) is 4.79 Å². The molecule has 0 fully saturated rings. The van der Waals surface area contributed by atoms with Crippen molar-refractivity contribution >= 4 is 23.8 Å². The van der Waals surface area contributed by atoms with Gasteiger partial charge in [0.15, 0.2) is 0 Å². The molecule has 3 atom stereocenters. The highest BCUT2D eigenvalue weighted by molar-refractivity contribution is 5.91. The summed E-state index contributed by atoms with van der Waals surface area (Å²) in [5.74, 6) is -3.94. The van der Waals surface area contributed by atoms with E-state index < -0.39 is 48.3 Å². The molecule has 10 nitrogen and oxygen atoms in total. The van der Waals surface area contributed by atoms with Crippen LogP contribution in [-0.2, 0) is 25.6 Å². The Labute approximate surface area is 155 Å². The highest BCUT2D eigenvalue weighted by Gasteiger charge is 2.27. The second-order valence-corrected chi connectivity index (χ2v) is 6.05. The molecule has 0 aliphatic heterocycles. The average molecular weight is 381 g/mol. The summed E-state index contributed by atoms with van der Waals surface area (Å²) >= 11 is 0. The zero-order valence-corrected chi connectivity index (χ0v) is 14.7. The first kappa shape index (κ1) is 21.9. The molecule has 148 valence electrons. The Morgan fingerprint density at radius 1 is 1.00 bits per heavy atom. The highest BCUT2D eigenvalue weighted by Crippen LogP contribution is 2.12. The van der Waals surface area contributed by atoms with Gasteiger partial charge in [-0.1, -0.05) is 12.1 Å². The molecule has 0 heterocycles. The van der Waals surface area contributed by atoms with Crippen LogP contribution in [0.3, 0.4) is 0 Å². The second-order valence-electron chi connectivity index (χ2n) is 6.05. The molecule has 0 spiro atoms. The van der Waals surface area contributed by atoms with Crippen LogP contribution in [0.4, 0.5) is 0 Å². The van der Waals surface area contributed by atoms with Gasteiger partial charge in [-0.3, -0.25) is 14.4 Å². The molecule has 0 aliphatic rings. The van der Waals surface area contributed by atoms with Crippen LogP contribution in [0.15, 0.2) is 24.3 Å². The van der Waals surface area contributed by atoms with E-state index in [-0.39, 0.29) is 18.6 Å². The highest BCUT2D eigenvalue weighted by atomic mass is 16.4. The maximum atomic E-state index is 12.5. The molecule has 0 saturated heterocycles. The number of hydrogen-bond acceptors (Lipinski definition) is 6. The normalized spacial score (nSPS) is 13.9. The van der Waals surface area contributed by atoms with Crippen molar-refractivity contribution in [2.45, 2.75) is 44.3 Å². The number of phenolic OH excluding ortho intramolecular Hbond substituents is 1. The summed E-state index contributed by atoms with van der Waals surface area (Å²) in [5, 5.41) is 31.9. The molecular weight excluding hydrogens is 358 g/mol. The van der Waals surface area contributed by atoms with Gasteiger partial charge in [0.1, 0.15) is 17.8 Å². The number of carbonyl (C=O) groups excluding carboxylic acids is 2. The van der Waals surface area contributed by atoms with Crippen LogP contribution < -0.4 is 16.4 Å². The Hall–Kier alpha value is -3.14. The Kier molecular flexibility index (Phi) is 8.21. The summed E-state index contributed by atoms with van der Waals surface area (Å²) in [4.78, 5) is 46.3. The number of aromatic hydroxyl groups is 1. The first-order valence-electron chi connectivity index (χ1n) is 8.19. The van der Waals surface area contributed by atoms with E-state index in [1.165, 1.54) is 19.1 Å². The van der Waals surface area contributed by atoms with Crippen molar-refractivity contribution < 1.29 is 34.5 Å². The lowest BCUT2D eigenvalue weighted by Crippen LogP contribution is -2.54. The lowest BCUT2D eigenvalue weighted by Gasteiger charge is -2.22. The zero-order chi connectivity index (χ0) is 20.6. The van der Waals surface area contributed by atoms with Crippen LogP contribution >= 0.6 is 0 Å². The number of carboxylic acids is 2. The molecule has 0 aromatic heterocycles. The van der Waals surface area contributed by atoms with Crippen molar-refractivity contribution in [2.75, 3.05) is 0 Å². The summed E-state index contributed by atoms with van der Waals surface area (Å²) in [6.07, 6.45) is -0.717. The second kappa shape index (κ2) is 10.1. The average Bonchev–Trinajstić information content (AvgIpc) is 2.58. The summed E-state index contributed by atoms with van der Waals surface area (Å²) in [5.41, 5.74) is 6.10. The Morgan fingerprint density at radius 3 is 2.04 bits per heavy atom. The van der Waals surface area contributed by atoms with E-state index in [1.54, 1.807) is 12.1 Å². The van der Waals surface area contributed by atoms with Crippen LogP contribution in [-0.4, -0.2) is 57.2 Å². The van der Waals surface area contributed by atoms with E-state index in [9.17, 15) is 24.3 Å². The maximum absolute atomic E-state index is 12.5. The van der Waals surface area contributed by atoms with E-state index >= 15 is 0 Å². The number of hydrogen-bond donors (Lipinski definition) is 6. The number of carbonyl (C=O) groups is 4. The van der Waals surface area contributed by atoms with Gasteiger partial charge in [0.05, 0.1) is 6.04 Å². The van der Waals surface area contributed by atoms with Crippen molar-refractivity contribution in [3.8, 4) is 5.75 Å². The molecule has 7 N–H and O–H groups in total. The minimum absolute atomic E-state index is 0.0237. The molecule has 2 amide bonds. The lowest BCUT2D eigenvalue weighted by molar-refractivity contribution is -0.143. The topological polar surface area (TPSA) is 179 Å². The van der Waals surface area contributed by atoms with Crippen molar-refractivity contribution in [2.24, 2.45) is 5.73 Å². The maximum Gasteiger partial charge on any atom is 0.326 e. The summed E-state index contributed by atoms with van der Waals surface area (Å²) in [6, 6.07) is 2.49. The molecule has 0 aliphatic carbocycles. The molecule has 10 heteroatoms. The third-order valence-corrected chi connectivity index (χ3v) is 3.68. The molecular formula is C17H23N3O7. The molecule has 1 rings (SSSR count). The van der Waals surface area contributed by atoms with Crippen LogP contribution in [0.5, 0.6) is 5.75 Å². The van der Waals surface area contributed by atoms with Gasteiger partial charge in [0.25, 0.3) is 0 Å². The van der Waals surface area contributed by atoms with E-state index in [2.05, 4.69) is 10.6 Å². The largest absolute Gasteiger partial charge is 0.508 e. The van der Waals surface area contributed by atoms with Crippen LogP contribution in [0.1, 0.15) is 25.3 Å². The fourth-order valence-electron chi connectivity index (χ4n) is 2.18. The minimum Gasteiger partial charge on any atom is -0.508 e. The predicted octanol–water partition coefficient (Wildman–Crippen LogP) is -0.799. The molecule has 0 bridgehead atoms. The van der Waals surface area contributed by atoms with Gasteiger partial charge in [-0.05, 0) is 31.0 Å². The van der Waals surface area contributed by atoms with E-state index in [0.717, 1.165) is 0 Å². The van der Waals surface area contributed by atoms with Gasteiger partial charge in [-0.2, -0.15) is 0 Å². The first-order chi connectivity index (χ1) is 12.6. The molecule has 0 radical (unpaired) electrons. The molecule has 1 aromatic carbocycles. The minimum atomic E-state index is -1.41. The number of nitrogens with one attached hydrogen (secondary N) is 2. The Bertz CT molecular complexity index is 688. The number of carboxylic acid groups (broad SMARTS) is 2. The number of phenols is 1. The third kappa shape index (κ3) is 7.74. The number of rotatable bonds is 10. The van der Waals surface area contributed by atoms with Gasteiger partial charge in [-0.15, -0.1) is 0 Å². The third-order valence-electron chi connectivity index (χ3n) is 3.68. The Morgan fingerprint density at radius 2 is 1.56 bits per heavy atom. The zero-order valence-electron chi connectivity index (χ0n) is 14.7. The van der Waals surface area contributed by atoms with E-state index in [1.807, 2.05) is 0 Å². The van der Waals surface area contributed by atoms with Crippen molar-refractivity contribution in [1.29, 1.82) is 0 Å². The number of aliphatic carboxylic acids is 2. The summed E-state index contributed by atoms with van der Waals surface area (Å²) < 4.78 is 0. The van der Waals surface area contributed by atoms with Crippen molar-refractivity contribution in [3.05, 3.63) is 29.8 Å². The van der Waals surface area contributed by atoms with Crippen LogP contribution in [0.25, 0.3) is 0 Å². The summed E-state index contributed by atoms with van der Waals surface area (Å²) in [6.45, 7) is 1.43. The molecule has 0 saturated carbocycles. The Balaban J connectivity index is 2.92. The van der Waals surface area contributed by atoms with Crippen LogP contribution in [0, 0.1) is 0 Å². The van der Waals surface area contributed by atoms with Gasteiger partial charge in [0, 0.05) is 12.8 Å². The lowest BCUT2D eigenvalue weighted by atomic mass is 10.0.